The van der Waals surface area contributed by atoms with Gasteiger partial charge in [0.1, 0.15) is 0 Å². The van der Waals surface area contributed by atoms with Gasteiger partial charge in [0.05, 0.1) is 0 Å². The van der Waals surface area contributed by atoms with Gasteiger partial charge in [0, 0.05) is 29.5 Å². The van der Waals surface area contributed by atoms with Crippen LogP contribution in [0.3, 0.4) is 0 Å². The van der Waals surface area contributed by atoms with Crippen LogP contribution in [0, 0.1) is 0 Å². The van der Waals surface area contributed by atoms with Gasteiger partial charge in [-0.3, -0.25) is 0 Å². The van der Waals surface area contributed by atoms with E-state index >= 15 is 0 Å². The SMILES string of the molecule is Cl.Nc1ccc(N)c(CNCc2ccc(Cl)cc2)c1. The molecule has 0 amide bonds. The molecular weight excluding hydrogens is 281 g/mol. The lowest BCUT2D eigenvalue weighted by atomic mass is 10.1. The third-order valence-corrected chi connectivity index (χ3v) is 2.98. The second-order valence-corrected chi connectivity index (χ2v) is 4.62. The minimum atomic E-state index is 0. The summed E-state index contributed by atoms with van der Waals surface area (Å²) in [6.07, 6.45) is 0. The Balaban J connectivity index is 0.00000180. The van der Waals surface area contributed by atoms with Gasteiger partial charge in [0.25, 0.3) is 0 Å². The predicted octanol–water partition coefficient (Wildman–Crippen LogP) is 3.22. The predicted molar refractivity (Wildman–Crippen MR) is 84.5 cm³/mol. The number of hydrogen-bond acceptors (Lipinski definition) is 3. The molecule has 0 atom stereocenters. The van der Waals surface area contributed by atoms with Gasteiger partial charge < -0.3 is 16.8 Å². The molecule has 0 aliphatic heterocycles. The second-order valence-electron chi connectivity index (χ2n) is 4.19. The van der Waals surface area contributed by atoms with Crippen LogP contribution in [0.15, 0.2) is 42.5 Å². The number of anilines is 2. The third-order valence-electron chi connectivity index (χ3n) is 2.72. The van der Waals surface area contributed by atoms with Crippen molar-refractivity contribution in [2.24, 2.45) is 0 Å². The minimum absolute atomic E-state index is 0. The molecule has 102 valence electrons. The summed E-state index contributed by atoms with van der Waals surface area (Å²) in [6.45, 7) is 1.46. The Morgan fingerprint density at radius 2 is 1.63 bits per heavy atom. The topological polar surface area (TPSA) is 64.1 Å². The third kappa shape index (κ3) is 4.63. The molecule has 0 saturated carbocycles. The van der Waals surface area contributed by atoms with Gasteiger partial charge in [0.2, 0.25) is 0 Å². The van der Waals surface area contributed by atoms with Crippen molar-refractivity contribution in [1.29, 1.82) is 0 Å². The van der Waals surface area contributed by atoms with Gasteiger partial charge in [0.15, 0.2) is 0 Å². The van der Waals surface area contributed by atoms with E-state index in [0.29, 0.717) is 6.54 Å². The van der Waals surface area contributed by atoms with Crippen molar-refractivity contribution >= 4 is 35.4 Å². The van der Waals surface area contributed by atoms with E-state index in [2.05, 4.69) is 5.32 Å². The number of rotatable bonds is 4. The molecule has 19 heavy (non-hydrogen) atoms. The average Bonchev–Trinajstić information content (AvgIpc) is 2.36. The monoisotopic (exact) mass is 297 g/mol. The van der Waals surface area contributed by atoms with E-state index in [1.54, 1.807) is 6.07 Å². The smallest absolute Gasteiger partial charge is 0.0406 e. The summed E-state index contributed by atoms with van der Waals surface area (Å²) in [7, 11) is 0. The van der Waals surface area contributed by atoms with E-state index in [9.17, 15) is 0 Å². The summed E-state index contributed by atoms with van der Waals surface area (Å²) < 4.78 is 0. The van der Waals surface area contributed by atoms with E-state index < -0.39 is 0 Å². The highest BCUT2D eigenvalue weighted by atomic mass is 35.5. The van der Waals surface area contributed by atoms with Crippen molar-refractivity contribution in [1.82, 2.24) is 5.32 Å². The number of nitrogen functional groups attached to an aromatic ring is 2. The van der Waals surface area contributed by atoms with Gasteiger partial charge in [-0.05, 0) is 41.5 Å². The normalized spacial score (nSPS) is 9.95. The standard InChI is InChI=1S/C14H16ClN3.ClH/c15-12-3-1-10(2-4-12)8-18-9-11-7-13(16)5-6-14(11)17;/h1-7,18H,8-9,16-17H2;1H. The van der Waals surface area contributed by atoms with Crippen LogP contribution in [0.25, 0.3) is 0 Å². The highest BCUT2D eigenvalue weighted by molar-refractivity contribution is 6.30. The molecule has 5 heteroatoms. The maximum atomic E-state index is 5.88. The molecule has 0 fully saturated rings. The number of hydrogen-bond donors (Lipinski definition) is 3. The summed E-state index contributed by atoms with van der Waals surface area (Å²) in [5.41, 5.74) is 15.3. The Kier molecular flexibility index (Phi) is 5.96. The molecule has 0 bridgehead atoms. The summed E-state index contributed by atoms with van der Waals surface area (Å²) in [5.74, 6) is 0. The summed E-state index contributed by atoms with van der Waals surface area (Å²) in [5, 5.41) is 4.08. The molecule has 0 unspecified atom stereocenters. The van der Waals surface area contributed by atoms with Crippen LogP contribution in [-0.2, 0) is 13.1 Å². The first-order valence-electron chi connectivity index (χ1n) is 5.74. The quantitative estimate of drug-likeness (QED) is 0.759. The Labute approximate surface area is 124 Å². The molecule has 0 saturated heterocycles. The minimum Gasteiger partial charge on any atom is -0.399 e. The van der Waals surface area contributed by atoms with Crippen molar-refractivity contribution < 1.29 is 0 Å². The van der Waals surface area contributed by atoms with Crippen LogP contribution < -0.4 is 16.8 Å². The highest BCUT2D eigenvalue weighted by Crippen LogP contribution is 2.15. The van der Waals surface area contributed by atoms with Crippen LogP contribution in [0.1, 0.15) is 11.1 Å². The zero-order chi connectivity index (χ0) is 13.0. The summed E-state index contributed by atoms with van der Waals surface area (Å²) in [4.78, 5) is 0. The molecule has 2 rings (SSSR count). The fraction of sp³-hybridized carbons (Fsp3) is 0.143. The largest absolute Gasteiger partial charge is 0.399 e. The molecule has 2 aromatic carbocycles. The lowest BCUT2D eigenvalue weighted by Crippen LogP contribution is -2.14. The van der Waals surface area contributed by atoms with Crippen molar-refractivity contribution in [2.75, 3.05) is 11.5 Å². The van der Waals surface area contributed by atoms with Crippen LogP contribution in [0.4, 0.5) is 11.4 Å². The zero-order valence-corrected chi connectivity index (χ0v) is 12.0. The molecule has 0 aliphatic carbocycles. The fourth-order valence-electron chi connectivity index (χ4n) is 1.72. The summed E-state index contributed by atoms with van der Waals surface area (Å²) >= 11 is 5.83. The highest BCUT2D eigenvalue weighted by Gasteiger charge is 2.00. The first-order chi connectivity index (χ1) is 8.65. The Morgan fingerprint density at radius 1 is 0.947 bits per heavy atom. The van der Waals surface area contributed by atoms with E-state index in [1.807, 2.05) is 36.4 Å². The molecule has 2 aromatic rings. The molecule has 0 spiro atoms. The van der Waals surface area contributed by atoms with Crippen molar-refractivity contribution in [3.05, 3.63) is 58.6 Å². The molecule has 0 heterocycles. The molecule has 0 aliphatic rings. The lowest BCUT2D eigenvalue weighted by molar-refractivity contribution is 0.695. The van der Waals surface area contributed by atoms with Gasteiger partial charge in [-0.2, -0.15) is 0 Å². The van der Waals surface area contributed by atoms with Crippen molar-refractivity contribution in [3.8, 4) is 0 Å². The first kappa shape index (κ1) is 15.6. The molecule has 3 nitrogen and oxygen atoms in total. The average molecular weight is 298 g/mol. The molecule has 5 N–H and O–H groups in total. The van der Waals surface area contributed by atoms with E-state index in [0.717, 1.165) is 28.5 Å². The molecule has 0 aromatic heterocycles. The van der Waals surface area contributed by atoms with E-state index in [4.69, 9.17) is 23.1 Å². The van der Waals surface area contributed by atoms with Crippen LogP contribution in [0.2, 0.25) is 5.02 Å². The maximum absolute atomic E-state index is 5.88. The van der Waals surface area contributed by atoms with E-state index in [-0.39, 0.29) is 12.4 Å². The van der Waals surface area contributed by atoms with Crippen molar-refractivity contribution in [3.63, 3.8) is 0 Å². The Morgan fingerprint density at radius 3 is 2.32 bits per heavy atom. The molecule has 0 radical (unpaired) electrons. The molecular formula is C14H17Cl2N3. The summed E-state index contributed by atoms with van der Waals surface area (Å²) in [6, 6.07) is 13.3. The Bertz CT molecular complexity index is 527. The van der Waals surface area contributed by atoms with Crippen molar-refractivity contribution in [2.45, 2.75) is 13.1 Å². The maximum Gasteiger partial charge on any atom is 0.0406 e. The first-order valence-corrected chi connectivity index (χ1v) is 6.12. The number of benzene rings is 2. The van der Waals surface area contributed by atoms with Crippen LogP contribution >= 0.6 is 24.0 Å². The van der Waals surface area contributed by atoms with Gasteiger partial charge in [-0.1, -0.05) is 23.7 Å². The second kappa shape index (κ2) is 7.24. The van der Waals surface area contributed by atoms with Crippen LogP contribution in [0.5, 0.6) is 0 Å². The van der Waals surface area contributed by atoms with Gasteiger partial charge in [-0.25, -0.2) is 0 Å². The number of nitrogens with two attached hydrogens (primary N) is 2. The van der Waals surface area contributed by atoms with E-state index in [1.165, 1.54) is 5.56 Å². The lowest BCUT2D eigenvalue weighted by Gasteiger charge is -2.08. The number of halogens is 2. The fourth-order valence-corrected chi connectivity index (χ4v) is 1.85. The van der Waals surface area contributed by atoms with Gasteiger partial charge >= 0.3 is 0 Å². The Hall–Kier alpha value is -1.42. The zero-order valence-electron chi connectivity index (χ0n) is 10.4. The van der Waals surface area contributed by atoms with Crippen LogP contribution in [-0.4, -0.2) is 0 Å². The number of nitrogens with one attached hydrogen (secondary N) is 1. The van der Waals surface area contributed by atoms with Gasteiger partial charge in [-0.15, -0.1) is 12.4 Å².